The molecule has 8 heteroatoms. The molecule has 1 rings (SSSR count). The monoisotopic (exact) mass is 488 g/mol. The van der Waals surface area contributed by atoms with Gasteiger partial charge in [-0.25, -0.2) is 0 Å². The number of nitrogens with zero attached hydrogens (tertiary/aromatic N) is 2. The van der Waals surface area contributed by atoms with Crippen LogP contribution in [0.4, 0.5) is 0 Å². The maximum atomic E-state index is 10.2. The standard InChI is InChI=1S/C16H29ClN4OS.HI/c1-5-18-16(19-10-12(4)21(6-2)7-3)20-11-13(22)14-8-9-15(17)23-14;/h8-9,12-13,22H,5-7,10-11H2,1-4H3,(H2,18,19,20);1H. The van der Waals surface area contributed by atoms with E-state index in [0.717, 1.165) is 37.0 Å². The van der Waals surface area contributed by atoms with Crippen molar-refractivity contribution in [2.45, 2.75) is 39.8 Å². The molecule has 5 nitrogen and oxygen atoms in total. The van der Waals surface area contributed by atoms with Gasteiger partial charge in [-0.05, 0) is 39.1 Å². The summed E-state index contributed by atoms with van der Waals surface area (Å²) < 4.78 is 0.688. The van der Waals surface area contributed by atoms with Crippen LogP contribution < -0.4 is 10.6 Å². The number of thiophene rings is 1. The van der Waals surface area contributed by atoms with E-state index in [2.05, 4.69) is 41.3 Å². The van der Waals surface area contributed by atoms with Crippen molar-refractivity contribution in [2.75, 3.05) is 32.7 Å². The van der Waals surface area contributed by atoms with Gasteiger partial charge in [-0.2, -0.15) is 0 Å². The molecule has 24 heavy (non-hydrogen) atoms. The quantitative estimate of drug-likeness (QED) is 0.283. The van der Waals surface area contributed by atoms with Crippen LogP contribution in [-0.2, 0) is 0 Å². The zero-order valence-electron chi connectivity index (χ0n) is 14.9. The third-order valence-corrected chi connectivity index (χ3v) is 5.01. The van der Waals surface area contributed by atoms with E-state index in [1.165, 1.54) is 11.3 Å². The maximum absolute atomic E-state index is 10.2. The lowest BCUT2D eigenvalue weighted by atomic mass is 10.3. The van der Waals surface area contributed by atoms with Gasteiger partial charge in [0.25, 0.3) is 0 Å². The molecule has 2 atom stereocenters. The first-order valence-corrected chi connectivity index (χ1v) is 9.40. The molecule has 0 aliphatic heterocycles. The number of halogens is 2. The normalized spacial score (nSPS) is 14.2. The van der Waals surface area contributed by atoms with E-state index in [1.807, 2.05) is 13.0 Å². The van der Waals surface area contributed by atoms with E-state index in [0.29, 0.717) is 16.9 Å². The molecular weight excluding hydrogens is 459 g/mol. The molecule has 2 unspecified atom stereocenters. The second-order valence-corrected chi connectivity index (χ2v) is 7.08. The molecule has 140 valence electrons. The van der Waals surface area contributed by atoms with Crippen molar-refractivity contribution in [3.8, 4) is 0 Å². The van der Waals surface area contributed by atoms with Crippen LogP contribution in [-0.4, -0.2) is 54.7 Å². The van der Waals surface area contributed by atoms with Crippen molar-refractivity contribution in [3.05, 3.63) is 21.3 Å². The zero-order valence-corrected chi connectivity index (χ0v) is 18.8. The summed E-state index contributed by atoms with van der Waals surface area (Å²) >= 11 is 7.30. The number of aliphatic hydroxyl groups excluding tert-OH is 1. The Morgan fingerprint density at radius 1 is 1.29 bits per heavy atom. The topological polar surface area (TPSA) is 59.9 Å². The first kappa shape index (κ1) is 23.9. The minimum absolute atomic E-state index is 0. The predicted octanol–water partition coefficient (Wildman–Crippen LogP) is 3.34. The Hall–Kier alpha value is -0.0900. The van der Waals surface area contributed by atoms with Gasteiger partial charge in [-0.3, -0.25) is 9.89 Å². The highest BCUT2D eigenvalue weighted by Gasteiger charge is 2.12. The van der Waals surface area contributed by atoms with E-state index in [9.17, 15) is 5.11 Å². The number of guanidine groups is 1. The zero-order chi connectivity index (χ0) is 17.2. The molecule has 0 fully saturated rings. The highest BCUT2D eigenvalue weighted by atomic mass is 127. The van der Waals surface area contributed by atoms with E-state index in [1.54, 1.807) is 6.07 Å². The van der Waals surface area contributed by atoms with Gasteiger partial charge in [0.2, 0.25) is 0 Å². The number of nitrogens with one attached hydrogen (secondary N) is 2. The van der Waals surface area contributed by atoms with Gasteiger partial charge in [0.05, 0.1) is 10.9 Å². The number of aliphatic imine (C=N–C) groups is 1. The molecule has 0 bridgehead atoms. The lowest BCUT2D eigenvalue weighted by Crippen LogP contribution is -2.41. The molecule has 0 saturated carbocycles. The van der Waals surface area contributed by atoms with E-state index < -0.39 is 6.10 Å². The first-order chi connectivity index (χ1) is 11.0. The summed E-state index contributed by atoms with van der Waals surface area (Å²) in [6.07, 6.45) is -0.587. The van der Waals surface area contributed by atoms with Crippen molar-refractivity contribution in [3.63, 3.8) is 0 Å². The molecule has 0 aliphatic carbocycles. The van der Waals surface area contributed by atoms with Gasteiger partial charge in [-0.1, -0.05) is 25.4 Å². The molecule has 1 heterocycles. The fourth-order valence-electron chi connectivity index (χ4n) is 2.33. The van der Waals surface area contributed by atoms with Gasteiger partial charge in [-0.15, -0.1) is 35.3 Å². The van der Waals surface area contributed by atoms with Crippen LogP contribution in [0.1, 0.15) is 38.7 Å². The maximum Gasteiger partial charge on any atom is 0.191 e. The van der Waals surface area contributed by atoms with Crippen molar-refractivity contribution < 1.29 is 5.11 Å². The van der Waals surface area contributed by atoms with Crippen molar-refractivity contribution in [1.29, 1.82) is 0 Å². The van der Waals surface area contributed by atoms with Crippen molar-refractivity contribution >= 4 is 52.9 Å². The number of hydrogen-bond donors (Lipinski definition) is 3. The Morgan fingerprint density at radius 2 is 1.96 bits per heavy atom. The van der Waals surface area contributed by atoms with E-state index in [-0.39, 0.29) is 24.0 Å². The van der Waals surface area contributed by atoms with Crippen LogP contribution in [0.25, 0.3) is 0 Å². The number of aliphatic hydroxyl groups is 1. The molecule has 0 radical (unpaired) electrons. The molecule has 0 saturated heterocycles. The SMILES string of the molecule is CCNC(=NCC(C)N(CC)CC)NCC(O)c1ccc(Cl)s1.I. The minimum Gasteiger partial charge on any atom is -0.386 e. The Bertz CT molecular complexity index is 482. The molecular formula is C16H30ClIN4OS. The second kappa shape index (κ2) is 13.2. The molecule has 3 N–H and O–H groups in total. The summed E-state index contributed by atoms with van der Waals surface area (Å²) in [5, 5.41) is 16.6. The largest absolute Gasteiger partial charge is 0.386 e. The second-order valence-electron chi connectivity index (χ2n) is 5.33. The van der Waals surface area contributed by atoms with Crippen LogP contribution in [0, 0.1) is 0 Å². The Balaban J connectivity index is 0.00000529. The summed E-state index contributed by atoms with van der Waals surface area (Å²) in [4.78, 5) is 7.85. The summed E-state index contributed by atoms with van der Waals surface area (Å²) in [7, 11) is 0. The van der Waals surface area contributed by atoms with Gasteiger partial charge in [0.1, 0.15) is 6.10 Å². The average Bonchev–Trinajstić information content (AvgIpc) is 2.97. The smallest absolute Gasteiger partial charge is 0.191 e. The third-order valence-electron chi connectivity index (χ3n) is 3.68. The van der Waals surface area contributed by atoms with Gasteiger partial charge >= 0.3 is 0 Å². The number of hydrogen-bond acceptors (Lipinski definition) is 4. The van der Waals surface area contributed by atoms with Gasteiger partial charge in [0, 0.05) is 24.0 Å². The van der Waals surface area contributed by atoms with E-state index in [4.69, 9.17) is 11.6 Å². The fourth-order valence-corrected chi connectivity index (χ4v) is 3.38. The van der Waals surface area contributed by atoms with Gasteiger partial charge in [0.15, 0.2) is 5.96 Å². The van der Waals surface area contributed by atoms with Crippen LogP contribution in [0.5, 0.6) is 0 Å². The molecule has 1 aromatic rings. The predicted molar refractivity (Wildman–Crippen MR) is 116 cm³/mol. The lowest BCUT2D eigenvalue weighted by molar-refractivity contribution is 0.184. The summed E-state index contributed by atoms with van der Waals surface area (Å²) in [6, 6.07) is 4.04. The van der Waals surface area contributed by atoms with Gasteiger partial charge < -0.3 is 15.7 Å². The summed E-state index contributed by atoms with van der Waals surface area (Å²) in [5.74, 6) is 0.730. The summed E-state index contributed by atoms with van der Waals surface area (Å²) in [5.41, 5.74) is 0. The van der Waals surface area contributed by atoms with Crippen molar-refractivity contribution in [1.82, 2.24) is 15.5 Å². The first-order valence-electron chi connectivity index (χ1n) is 8.21. The number of likely N-dealkylation sites (N-methyl/N-ethyl adjacent to an activating group) is 1. The van der Waals surface area contributed by atoms with E-state index >= 15 is 0 Å². The fraction of sp³-hybridized carbons (Fsp3) is 0.688. The molecule has 0 aliphatic rings. The summed E-state index contributed by atoms with van der Waals surface area (Å²) in [6.45, 7) is 12.5. The van der Waals surface area contributed by atoms with Crippen LogP contribution in [0.15, 0.2) is 17.1 Å². The Morgan fingerprint density at radius 3 is 2.46 bits per heavy atom. The highest BCUT2D eigenvalue weighted by molar-refractivity contribution is 14.0. The number of rotatable bonds is 9. The van der Waals surface area contributed by atoms with Crippen LogP contribution >= 0.6 is 46.9 Å². The average molecular weight is 489 g/mol. The van der Waals surface area contributed by atoms with Crippen LogP contribution in [0.2, 0.25) is 4.34 Å². The highest BCUT2D eigenvalue weighted by Crippen LogP contribution is 2.26. The minimum atomic E-state index is -0.587. The Kier molecular flexibility index (Phi) is 13.1. The molecule has 1 aromatic heterocycles. The molecule has 0 amide bonds. The van der Waals surface area contributed by atoms with Crippen LogP contribution in [0.3, 0.4) is 0 Å². The molecule has 0 aromatic carbocycles. The van der Waals surface area contributed by atoms with Crippen molar-refractivity contribution in [2.24, 2.45) is 4.99 Å². The Labute approximate surface area is 171 Å². The third kappa shape index (κ3) is 8.33. The molecule has 0 spiro atoms. The lowest BCUT2D eigenvalue weighted by Gasteiger charge is -2.25.